The minimum absolute atomic E-state index is 0.0860. The van der Waals surface area contributed by atoms with Crippen LogP contribution in [0.3, 0.4) is 0 Å². The van der Waals surface area contributed by atoms with E-state index in [2.05, 4.69) is 45.1 Å². The zero-order valence-electron chi connectivity index (χ0n) is 40.7. The van der Waals surface area contributed by atoms with Gasteiger partial charge < -0.3 is 14.2 Å². The third-order valence-corrected chi connectivity index (χ3v) is 12.0. The van der Waals surface area contributed by atoms with Crippen molar-refractivity contribution in [2.24, 2.45) is 0 Å². The van der Waals surface area contributed by atoms with E-state index in [9.17, 15) is 9.59 Å². The number of ether oxygens (including phenoxy) is 3. The van der Waals surface area contributed by atoms with E-state index in [1.807, 2.05) is 0 Å². The fourth-order valence-electron chi connectivity index (χ4n) is 7.90. The summed E-state index contributed by atoms with van der Waals surface area (Å²) in [6.07, 6.45) is 60.5. The van der Waals surface area contributed by atoms with Crippen molar-refractivity contribution in [1.29, 1.82) is 0 Å². The molecule has 60 heavy (non-hydrogen) atoms. The third kappa shape index (κ3) is 49.0. The Hall–Kier alpha value is -1.62. The van der Waals surface area contributed by atoms with Gasteiger partial charge in [0, 0.05) is 19.4 Å². The molecule has 0 amide bonds. The topological polar surface area (TPSA) is 61.8 Å². The molecule has 354 valence electrons. The van der Waals surface area contributed by atoms with Gasteiger partial charge in [-0.2, -0.15) is 0 Å². The molecule has 0 aromatic carbocycles. The molecule has 0 heterocycles. The van der Waals surface area contributed by atoms with Crippen LogP contribution in [0.25, 0.3) is 0 Å². The number of rotatable bonds is 50. The smallest absolute Gasteiger partial charge is 0.306 e. The Labute approximate surface area is 375 Å². The normalized spacial score (nSPS) is 12.2. The predicted molar refractivity (Wildman–Crippen MR) is 261 cm³/mol. The van der Waals surface area contributed by atoms with E-state index in [0.29, 0.717) is 19.4 Å². The molecule has 0 rings (SSSR count). The first-order chi connectivity index (χ1) is 29.6. The van der Waals surface area contributed by atoms with E-state index in [4.69, 9.17) is 14.2 Å². The lowest BCUT2D eigenvalue weighted by molar-refractivity contribution is -0.163. The molecule has 0 aliphatic heterocycles. The van der Waals surface area contributed by atoms with Crippen LogP contribution in [0.1, 0.15) is 290 Å². The number of esters is 2. The first kappa shape index (κ1) is 58.4. The molecule has 5 heteroatoms. The van der Waals surface area contributed by atoms with Crippen LogP contribution < -0.4 is 0 Å². The molecule has 0 saturated carbocycles. The van der Waals surface area contributed by atoms with E-state index < -0.39 is 6.10 Å². The Bertz CT molecular complexity index is 913. The van der Waals surface area contributed by atoms with Gasteiger partial charge in [0.1, 0.15) is 6.61 Å². The number of carbonyl (C=O) groups is 2. The molecule has 0 saturated heterocycles. The number of allylic oxidation sites excluding steroid dienone is 4. The zero-order chi connectivity index (χ0) is 43.5. The number of hydrogen-bond acceptors (Lipinski definition) is 5. The third-order valence-electron chi connectivity index (χ3n) is 12.0. The molecule has 0 bridgehead atoms. The van der Waals surface area contributed by atoms with Gasteiger partial charge in [0.25, 0.3) is 0 Å². The minimum atomic E-state index is -0.536. The maximum Gasteiger partial charge on any atom is 0.306 e. The van der Waals surface area contributed by atoms with Crippen LogP contribution in [0.4, 0.5) is 0 Å². The van der Waals surface area contributed by atoms with Crippen LogP contribution in [0.2, 0.25) is 0 Å². The summed E-state index contributed by atoms with van der Waals surface area (Å²) in [7, 11) is 0. The summed E-state index contributed by atoms with van der Waals surface area (Å²) in [6.45, 7) is 7.82. The van der Waals surface area contributed by atoms with Crippen molar-refractivity contribution in [3.05, 3.63) is 24.3 Å². The van der Waals surface area contributed by atoms with Crippen LogP contribution in [0, 0.1) is 0 Å². The van der Waals surface area contributed by atoms with Gasteiger partial charge in [0.15, 0.2) is 6.10 Å². The van der Waals surface area contributed by atoms with Crippen molar-refractivity contribution >= 4 is 11.9 Å². The van der Waals surface area contributed by atoms with Crippen molar-refractivity contribution in [3.63, 3.8) is 0 Å². The van der Waals surface area contributed by atoms with Crippen molar-refractivity contribution in [2.75, 3.05) is 19.8 Å². The summed E-state index contributed by atoms with van der Waals surface area (Å²) in [5, 5.41) is 0. The van der Waals surface area contributed by atoms with Gasteiger partial charge in [-0.3, -0.25) is 9.59 Å². The van der Waals surface area contributed by atoms with Gasteiger partial charge in [-0.25, -0.2) is 0 Å². The first-order valence-corrected chi connectivity index (χ1v) is 26.9. The molecule has 1 unspecified atom stereocenters. The average Bonchev–Trinajstić information content (AvgIpc) is 3.25. The average molecular weight is 845 g/mol. The fraction of sp³-hybridized carbons (Fsp3) is 0.891. The standard InChI is InChI=1S/C55H104O5/c1-4-7-10-13-16-19-22-24-26-28-29-31-34-36-39-42-45-48-54(56)59-52-53(60-55(57)49-46-43-40-37-33-21-18-15-12-9-6-3)51-58-50-47-44-41-38-35-32-30-27-25-23-20-17-14-11-8-5-2/h15,18,25,27,53H,4-14,16-17,19-24,26,28-52H2,1-3H3/b18-15-,27-25-. The van der Waals surface area contributed by atoms with Crippen molar-refractivity contribution in [1.82, 2.24) is 0 Å². The number of carbonyl (C=O) groups excluding carboxylic acids is 2. The van der Waals surface area contributed by atoms with Crippen molar-refractivity contribution in [3.8, 4) is 0 Å². The highest BCUT2D eigenvalue weighted by Crippen LogP contribution is 2.16. The molecular formula is C55H104O5. The summed E-state index contributed by atoms with van der Waals surface area (Å²) in [5.41, 5.74) is 0. The van der Waals surface area contributed by atoms with Gasteiger partial charge in [0.2, 0.25) is 0 Å². The quantitative estimate of drug-likeness (QED) is 0.0347. The summed E-state index contributed by atoms with van der Waals surface area (Å²) >= 11 is 0. The highest BCUT2D eigenvalue weighted by Gasteiger charge is 2.17. The number of hydrogen-bond donors (Lipinski definition) is 0. The van der Waals surface area contributed by atoms with Gasteiger partial charge in [0.05, 0.1) is 6.61 Å². The Morgan fingerprint density at radius 3 is 1.07 bits per heavy atom. The van der Waals surface area contributed by atoms with Gasteiger partial charge >= 0.3 is 11.9 Å². The second-order valence-electron chi connectivity index (χ2n) is 18.1. The molecule has 0 N–H and O–H groups in total. The van der Waals surface area contributed by atoms with Crippen LogP contribution in [-0.4, -0.2) is 37.9 Å². The lowest BCUT2D eigenvalue weighted by Crippen LogP contribution is -2.30. The lowest BCUT2D eigenvalue weighted by Gasteiger charge is -2.18. The van der Waals surface area contributed by atoms with E-state index in [1.54, 1.807) is 0 Å². The highest BCUT2D eigenvalue weighted by molar-refractivity contribution is 5.70. The van der Waals surface area contributed by atoms with Crippen LogP contribution in [-0.2, 0) is 23.8 Å². The van der Waals surface area contributed by atoms with Crippen LogP contribution in [0.5, 0.6) is 0 Å². The molecule has 0 fully saturated rings. The predicted octanol–water partition coefficient (Wildman–Crippen LogP) is 18.0. The Morgan fingerprint density at radius 2 is 0.667 bits per heavy atom. The van der Waals surface area contributed by atoms with Gasteiger partial charge in [-0.15, -0.1) is 0 Å². The Kier molecular flexibility index (Phi) is 50.3. The Morgan fingerprint density at radius 1 is 0.350 bits per heavy atom. The second kappa shape index (κ2) is 51.7. The summed E-state index contributed by atoms with van der Waals surface area (Å²) < 4.78 is 17.4. The molecule has 0 aliphatic carbocycles. The van der Waals surface area contributed by atoms with Crippen molar-refractivity contribution < 1.29 is 23.8 Å². The summed E-state index contributed by atoms with van der Waals surface area (Å²) in [6, 6.07) is 0. The summed E-state index contributed by atoms with van der Waals surface area (Å²) in [4.78, 5) is 25.4. The van der Waals surface area contributed by atoms with Gasteiger partial charge in [-0.1, -0.05) is 238 Å². The second-order valence-corrected chi connectivity index (χ2v) is 18.1. The molecule has 0 aromatic heterocycles. The lowest BCUT2D eigenvalue weighted by atomic mass is 10.0. The zero-order valence-corrected chi connectivity index (χ0v) is 40.7. The van der Waals surface area contributed by atoms with E-state index in [-0.39, 0.29) is 25.2 Å². The number of unbranched alkanes of at least 4 members (excludes halogenated alkanes) is 35. The maximum atomic E-state index is 12.8. The first-order valence-electron chi connectivity index (χ1n) is 26.9. The fourth-order valence-corrected chi connectivity index (χ4v) is 7.90. The molecule has 0 aromatic rings. The highest BCUT2D eigenvalue weighted by atomic mass is 16.6. The van der Waals surface area contributed by atoms with E-state index >= 15 is 0 Å². The largest absolute Gasteiger partial charge is 0.462 e. The maximum absolute atomic E-state index is 12.8. The molecule has 5 nitrogen and oxygen atoms in total. The molecule has 1 atom stereocenters. The van der Waals surface area contributed by atoms with E-state index in [0.717, 1.165) is 51.4 Å². The molecule has 0 radical (unpaired) electrons. The monoisotopic (exact) mass is 845 g/mol. The van der Waals surface area contributed by atoms with E-state index in [1.165, 1.54) is 205 Å². The molecule has 0 spiro atoms. The minimum Gasteiger partial charge on any atom is -0.462 e. The molecular weight excluding hydrogens is 741 g/mol. The Balaban J connectivity index is 4.19. The van der Waals surface area contributed by atoms with Crippen molar-refractivity contribution in [2.45, 2.75) is 297 Å². The SMILES string of the molecule is CCCC/C=C\CCCCCCCC(=O)OC(COCCCCCCCC/C=C\CCCCCCCC)COC(=O)CCCCCCCCCCCCCCCCCCC. The summed E-state index contributed by atoms with van der Waals surface area (Å²) in [5.74, 6) is -0.394. The van der Waals surface area contributed by atoms with Crippen LogP contribution >= 0.6 is 0 Å². The van der Waals surface area contributed by atoms with Crippen LogP contribution in [0.15, 0.2) is 24.3 Å². The van der Waals surface area contributed by atoms with Gasteiger partial charge in [-0.05, 0) is 64.2 Å². The molecule has 0 aliphatic rings.